The summed E-state index contributed by atoms with van der Waals surface area (Å²) in [6.45, 7) is 6.37. The van der Waals surface area contributed by atoms with Crippen LogP contribution in [0.25, 0.3) is 0 Å². The summed E-state index contributed by atoms with van der Waals surface area (Å²) in [5.74, 6) is -0.783. The van der Waals surface area contributed by atoms with E-state index in [1.165, 1.54) is 0 Å². The normalized spacial score (nSPS) is 22.1. The smallest absolute Gasteiger partial charge is 0.320 e. The zero-order chi connectivity index (χ0) is 15.2. The van der Waals surface area contributed by atoms with Crippen LogP contribution in [-0.2, 0) is 9.53 Å². The summed E-state index contributed by atoms with van der Waals surface area (Å²) in [6.07, 6.45) is 1.98. The number of likely N-dealkylation sites (tertiary alicyclic amines) is 1. The van der Waals surface area contributed by atoms with Gasteiger partial charge in [0.05, 0.1) is 12.0 Å². The van der Waals surface area contributed by atoms with Crippen LogP contribution < -0.4 is 0 Å². The first-order chi connectivity index (χ1) is 9.50. The Bertz CT molecular complexity index is 348. The van der Waals surface area contributed by atoms with Gasteiger partial charge in [0.25, 0.3) is 0 Å². The molecule has 0 aliphatic carbocycles. The number of rotatable bonds is 7. The average molecular weight is 286 g/mol. The summed E-state index contributed by atoms with van der Waals surface area (Å²) in [7, 11) is 1.60. The van der Waals surface area contributed by atoms with Crippen molar-refractivity contribution in [1.82, 2.24) is 9.80 Å². The van der Waals surface area contributed by atoms with E-state index in [0.717, 1.165) is 6.42 Å². The number of carboxylic acids is 1. The standard InChI is InChI=1S/C14H26N2O4/c1-4-6-14(12(17)18)7-8-16(11-14)13(19)15(5-2)9-10-20-3/h4-11H2,1-3H3,(H,17,18). The second-order valence-corrected chi connectivity index (χ2v) is 5.36. The second-order valence-electron chi connectivity index (χ2n) is 5.36. The molecule has 1 fully saturated rings. The molecule has 0 aromatic rings. The molecule has 1 N–H and O–H groups in total. The van der Waals surface area contributed by atoms with Gasteiger partial charge >= 0.3 is 12.0 Å². The Morgan fingerprint density at radius 1 is 1.40 bits per heavy atom. The van der Waals surface area contributed by atoms with E-state index < -0.39 is 11.4 Å². The Kier molecular flexibility index (Phi) is 6.26. The van der Waals surface area contributed by atoms with Crippen LogP contribution >= 0.6 is 0 Å². The van der Waals surface area contributed by atoms with Gasteiger partial charge in [0.15, 0.2) is 0 Å². The molecular weight excluding hydrogens is 260 g/mol. The topological polar surface area (TPSA) is 70.1 Å². The average Bonchev–Trinajstić information content (AvgIpc) is 2.85. The van der Waals surface area contributed by atoms with E-state index >= 15 is 0 Å². The van der Waals surface area contributed by atoms with E-state index in [4.69, 9.17) is 4.74 Å². The molecule has 20 heavy (non-hydrogen) atoms. The zero-order valence-electron chi connectivity index (χ0n) is 12.7. The maximum Gasteiger partial charge on any atom is 0.320 e. The van der Waals surface area contributed by atoms with Crippen molar-refractivity contribution >= 4 is 12.0 Å². The van der Waals surface area contributed by atoms with Gasteiger partial charge in [0.1, 0.15) is 0 Å². The van der Waals surface area contributed by atoms with Crippen molar-refractivity contribution in [3.05, 3.63) is 0 Å². The zero-order valence-corrected chi connectivity index (χ0v) is 12.7. The summed E-state index contributed by atoms with van der Waals surface area (Å²) in [6, 6.07) is -0.0798. The molecule has 0 bridgehead atoms. The lowest BCUT2D eigenvalue weighted by Gasteiger charge is -2.28. The number of urea groups is 1. The Balaban J connectivity index is 2.69. The Hall–Kier alpha value is -1.30. The van der Waals surface area contributed by atoms with Crippen LogP contribution in [0.15, 0.2) is 0 Å². The molecule has 6 heteroatoms. The quantitative estimate of drug-likeness (QED) is 0.772. The fourth-order valence-corrected chi connectivity index (χ4v) is 2.79. The van der Waals surface area contributed by atoms with E-state index in [0.29, 0.717) is 45.6 Å². The van der Waals surface area contributed by atoms with E-state index in [9.17, 15) is 14.7 Å². The van der Waals surface area contributed by atoms with Gasteiger partial charge < -0.3 is 19.6 Å². The molecule has 0 aromatic heterocycles. The highest BCUT2D eigenvalue weighted by molar-refractivity contribution is 5.79. The molecule has 0 saturated carbocycles. The van der Waals surface area contributed by atoms with Gasteiger partial charge in [-0.15, -0.1) is 0 Å². The van der Waals surface area contributed by atoms with Gasteiger partial charge in [-0.1, -0.05) is 13.3 Å². The minimum atomic E-state index is -0.783. The fourth-order valence-electron chi connectivity index (χ4n) is 2.79. The van der Waals surface area contributed by atoms with Crippen LogP contribution in [-0.4, -0.2) is 66.8 Å². The monoisotopic (exact) mass is 286 g/mol. The molecule has 0 aromatic carbocycles. The highest BCUT2D eigenvalue weighted by atomic mass is 16.5. The number of ether oxygens (including phenoxy) is 1. The van der Waals surface area contributed by atoms with Crippen molar-refractivity contribution in [2.45, 2.75) is 33.1 Å². The first kappa shape index (κ1) is 16.8. The third-order valence-electron chi connectivity index (χ3n) is 4.02. The minimum Gasteiger partial charge on any atom is -0.481 e. The van der Waals surface area contributed by atoms with Gasteiger partial charge in [0.2, 0.25) is 0 Å². The third-order valence-corrected chi connectivity index (χ3v) is 4.02. The highest BCUT2D eigenvalue weighted by Gasteiger charge is 2.45. The lowest BCUT2D eigenvalue weighted by molar-refractivity contribution is -0.148. The molecule has 1 aliphatic heterocycles. The number of carboxylic acid groups (broad SMARTS) is 1. The van der Waals surface area contributed by atoms with Gasteiger partial charge in [-0.2, -0.15) is 0 Å². The number of carbonyl (C=O) groups excluding carboxylic acids is 1. The number of carbonyl (C=O) groups is 2. The predicted molar refractivity (Wildman–Crippen MR) is 75.7 cm³/mol. The van der Waals surface area contributed by atoms with Crippen LogP contribution in [0.3, 0.4) is 0 Å². The molecule has 6 nitrogen and oxygen atoms in total. The minimum absolute atomic E-state index is 0.0798. The molecule has 1 heterocycles. The summed E-state index contributed by atoms with van der Waals surface area (Å²) in [5.41, 5.74) is -0.759. The molecular formula is C14H26N2O4. The van der Waals surface area contributed by atoms with Gasteiger partial charge in [-0.25, -0.2) is 4.79 Å². The number of likely N-dealkylation sites (N-methyl/N-ethyl adjacent to an activating group) is 1. The maximum absolute atomic E-state index is 12.4. The lowest BCUT2D eigenvalue weighted by atomic mass is 9.83. The van der Waals surface area contributed by atoms with E-state index in [-0.39, 0.29) is 6.03 Å². The Labute approximate surface area is 120 Å². The summed E-state index contributed by atoms with van der Waals surface area (Å²) in [5, 5.41) is 9.46. The first-order valence-electron chi connectivity index (χ1n) is 7.27. The predicted octanol–water partition coefficient (Wildman–Crippen LogP) is 1.65. The van der Waals surface area contributed by atoms with Crippen molar-refractivity contribution in [2.75, 3.05) is 39.9 Å². The number of methoxy groups -OCH3 is 1. The molecule has 0 radical (unpaired) electrons. The summed E-state index contributed by atoms with van der Waals surface area (Å²) >= 11 is 0. The SMILES string of the molecule is CCCC1(C(=O)O)CCN(C(=O)N(CC)CCOC)C1. The third kappa shape index (κ3) is 3.62. The molecule has 1 rings (SSSR count). The number of amides is 2. The molecule has 0 spiro atoms. The summed E-state index contributed by atoms with van der Waals surface area (Å²) in [4.78, 5) is 27.3. The highest BCUT2D eigenvalue weighted by Crippen LogP contribution is 2.35. The van der Waals surface area contributed by atoms with Gasteiger partial charge in [-0.05, 0) is 19.8 Å². The van der Waals surface area contributed by atoms with Crippen LogP contribution in [0.5, 0.6) is 0 Å². The number of hydrogen-bond acceptors (Lipinski definition) is 3. The Morgan fingerprint density at radius 3 is 2.60 bits per heavy atom. The molecule has 1 saturated heterocycles. The second kappa shape index (κ2) is 7.47. The molecule has 1 atom stereocenters. The van der Waals surface area contributed by atoms with Crippen molar-refractivity contribution in [2.24, 2.45) is 5.41 Å². The van der Waals surface area contributed by atoms with Crippen molar-refractivity contribution in [3.8, 4) is 0 Å². The molecule has 116 valence electrons. The Morgan fingerprint density at radius 2 is 2.10 bits per heavy atom. The molecule has 1 unspecified atom stereocenters. The van der Waals surface area contributed by atoms with Crippen LogP contribution in [0, 0.1) is 5.41 Å². The largest absolute Gasteiger partial charge is 0.481 e. The van der Waals surface area contributed by atoms with Crippen LogP contribution in [0.4, 0.5) is 4.79 Å². The molecule has 2 amide bonds. The first-order valence-corrected chi connectivity index (χ1v) is 7.27. The van der Waals surface area contributed by atoms with E-state index in [2.05, 4.69) is 0 Å². The lowest BCUT2D eigenvalue weighted by Crippen LogP contribution is -2.45. The number of aliphatic carboxylic acids is 1. The maximum atomic E-state index is 12.4. The van der Waals surface area contributed by atoms with Crippen LogP contribution in [0.1, 0.15) is 33.1 Å². The van der Waals surface area contributed by atoms with Crippen molar-refractivity contribution in [1.29, 1.82) is 0 Å². The van der Waals surface area contributed by atoms with Crippen molar-refractivity contribution in [3.63, 3.8) is 0 Å². The summed E-state index contributed by atoms with van der Waals surface area (Å²) < 4.78 is 5.00. The number of nitrogens with zero attached hydrogens (tertiary/aromatic N) is 2. The van der Waals surface area contributed by atoms with Crippen LogP contribution in [0.2, 0.25) is 0 Å². The number of hydrogen-bond donors (Lipinski definition) is 1. The van der Waals surface area contributed by atoms with Gasteiger partial charge in [0, 0.05) is 33.3 Å². The van der Waals surface area contributed by atoms with E-state index in [1.807, 2.05) is 13.8 Å². The van der Waals surface area contributed by atoms with Gasteiger partial charge in [-0.3, -0.25) is 4.79 Å². The molecule has 1 aliphatic rings. The van der Waals surface area contributed by atoms with Crippen molar-refractivity contribution < 1.29 is 19.4 Å². The fraction of sp³-hybridized carbons (Fsp3) is 0.857. The van der Waals surface area contributed by atoms with E-state index in [1.54, 1.807) is 16.9 Å².